The smallest absolute Gasteiger partial charge is 0.265 e. The molecule has 31 heavy (non-hydrogen) atoms. The molecule has 0 N–H and O–H groups in total. The standard InChI is InChI=1S/C24H27NO4S2/c1-5-16(2)18-7-9-19(10-8-18)28-12-13-29-20-11-6-17(14-21(20)27-4)15-22-23(26)25(3)24(30)31-22/h6-11,14-16H,5,12-13H2,1-4H3/b22-15-/t16-/m1/s1. The molecular formula is C24H27NO4S2. The van der Waals surface area contributed by atoms with Gasteiger partial charge in [-0.2, -0.15) is 0 Å². The highest BCUT2D eigenvalue weighted by molar-refractivity contribution is 8.26. The minimum atomic E-state index is -0.0939. The summed E-state index contributed by atoms with van der Waals surface area (Å²) >= 11 is 6.46. The summed E-state index contributed by atoms with van der Waals surface area (Å²) in [5.74, 6) is 2.50. The predicted octanol–water partition coefficient (Wildman–Crippen LogP) is 5.50. The molecule has 0 saturated carbocycles. The lowest BCUT2D eigenvalue weighted by molar-refractivity contribution is -0.121. The molecule has 0 aliphatic carbocycles. The summed E-state index contributed by atoms with van der Waals surface area (Å²) in [6, 6.07) is 13.8. The Kier molecular flexibility index (Phi) is 7.98. The van der Waals surface area contributed by atoms with Crippen LogP contribution in [0.25, 0.3) is 6.08 Å². The van der Waals surface area contributed by atoms with E-state index in [0.29, 0.717) is 39.9 Å². The van der Waals surface area contributed by atoms with Gasteiger partial charge in [-0.1, -0.05) is 56.0 Å². The number of thiocarbonyl (C=S) groups is 1. The second-order valence-corrected chi connectivity index (χ2v) is 8.90. The molecule has 1 aliphatic heterocycles. The van der Waals surface area contributed by atoms with Gasteiger partial charge in [-0.3, -0.25) is 9.69 Å². The molecule has 0 bridgehead atoms. The Morgan fingerprint density at radius 2 is 1.81 bits per heavy atom. The molecular weight excluding hydrogens is 430 g/mol. The van der Waals surface area contributed by atoms with Crippen LogP contribution < -0.4 is 14.2 Å². The van der Waals surface area contributed by atoms with Crippen molar-refractivity contribution in [2.75, 3.05) is 27.4 Å². The summed E-state index contributed by atoms with van der Waals surface area (Å²) in [5.41, 5.74) is 2.16. The van der Waals surface area contributed by atoms with Gasteiger partial charge in [0.25, 0.3) is 5.91 Å². The monoisotopic (exact) mass is 457 g/mol. The summed E-state index contributed by atoms with van der Waals surface area (Å²) in [5, 5.41) is 0. The van der Waals surface area contributed by atoms with Gasteiger partial charge in [0.2, 0.25) is 0 Å². The third-order valence-electron chi connectivity index (χ3n) is 5.14. The number of rotatable bonds is 9. The lowest BCUT2D eigenvalue weighted by atomic mass is 9.99. The maximum atomic E-state index is 12.2. The summed E-state index contributed by atoms with van der Waals surface area (Å²) in [7, 11) is 3.27. The van der Waals surface area contributed by atoms with E-state index in [2.05, 4.69) is 26.0 Å². The van der Waals surface area contributed by atoms with Gasteiger partial charge in [0, 0.05) is 7.05 Å². The number of likely N-dealkylation sites (N-methyl/N-ethyl adjacent to an activating group) is 1. The Hall–Kier alpha value is -2.51. The average Bonchev–Trinajstić information content (AvgIpc) is 3.03. The number of hydrogen-bond donors (Lipinski definition) is 0. The highest BCUT2D eigenvalue weighted by Crippen LogP contribution is 2.34. The van der Waals surface area contributed by atoms with Crippen LogP contribution in [0.1, 0.15) is 37.3 Å². The largest absolute Gasteiger partial charge is 0.493 e. The quantitative estimate of drug-likeness (QED) is 0.282. The number of nitrogens with zero attached hydrogens (tertiary/aromatic N) is 1. The molecule has 0 spiro atoms. The van der Waals surface area contributed by atoms with Gasteiger partial charge in [0.15, 0.2) is 11.5 Å². The van der Waals surface area contributed by atoms with Crippen molar-refractivity contribution in [1.82, 2.24) is 4.90 Å². The number of carbonyl (C=O) groups is 1. The van der Waals surface area contributed by atoms with Crippen LogP contribution >= 0.6 is 24.0 Å². The van der Waals surface area contributed by atoms with Crippen LogP contribution in [-0.4, -0.2) is 42.5 Å². The third kappa shape index (κ3) is 5.80. The fraction of sp³-hybridized carbons (Fsp3) is 0.333. The second kappa shape index (κ2) is 10.7. The minimum absolute atomic E-state index is 0.0939. The highest BCUT2D eigenvalue weighted by Gasteiger charge is 2.28. The summed E-state index contributed by atoms with van der Waals surface area (Å²) in [4.78, 5) is 14.2. The number of thioether (sulfide) groups is 1. The van der Waals surface area contributed by atoms with Crippen molar-refractivity contribution in [3.05, 3.63) is 58.5 Å². The molecule has 7 heteroatoms. The van der Waals surface area contributed by atoms with Crippen LogP contribution in [0.3, 0.4) is 0 Å². The van der Waals surface area contributed by atoms with Crippen molar-refractivity contribution in [3.8, 4) is 17.2 Å². The number of amides is 1. The Labute approximate surface area is 193 Å². The van der Waals surface area contributed by atoms with E-state index >= 15 is 0 Å². The third-order valence-corrected chi connectivity index (χ3v) is 6.63. The van der Waals surface area contributed by atoms with E-state index in [0.717, 1.165) is 17.7 Å². The van der Waals surface area contributed by atoms with E-state index in [4.69, 9.17) is 26.4 Å². The Morgan fingerprint density at radius 3 is 2.42 bits per heavy atom. The molecule has 1 aliphatic rings. The molecule has 0 radical (unpaired) electrons. The molecule has 1 heterocycles. The maximum Gasteiger partial charge on any atom is 0.265 e. The van der Waals surface area contributed by atoms with E-state index in [-0.39, 0.29) is 5.91 Å². The molecule has 0 aromatic heterocycles. The SMILES string of the molecule is CC[C@@H](C)c1ccc(OCCOc2ccc(/C=C3\SC(=S)N(C)C3=O)cc2OC)cc1. The van der Waals surface area contributed by atoms with Gasteiger partial charge in [-0.05, 0) is 53.8 Å². The fourth-order valence-corrected chi connectivity index (χ4v) is 4.21. The van der Waals surface area contributed by atoms with Crippen LogP contribution in [0.4, 0.5) is 0 Å². The first kappa shape index (κ1) is 23.2. The maximum absolute atomic E-state index is 12.2. The summed E-state index contributed by atoms with van der Waals surface area (Å²) in [6.45, 7) is 5.21. The van der Waals surface area contributed by atoms with Gasteiger partial charge >= 0.3 is 0 Å². The average molecular weight is 458 g/mol. The fourth-order valence-electron chi connectivity index (χ4n) is 3.03. The zero-order chi connectivity index (χ0) is 22.4. The molecule has 2 aromatic carbocycles. The Bertz CT molecular complexity index is 972. The van der Waals surface area contributed by atoms with Gasteiger partial charge < -0.3 is 14.2 Å². The number of carbonyl (C=O) groups excluding carboxylic acids is 1. The molecule has 3 rings (SSSR count). The Balaban J connectivity index is 1.56. The van der Waals surface area contributed by atoms with E-state index in [1.54, 1.807) is 20.2 Å². The molecule has 2 aromatic rings. The molecule has 1 amide bonds. The first-order valence-corrected chi connectivity index (χ1v) is 11.4. The predicted molar refractivity (Wildman–Crippen MR) is 130 cm³/mol. The van der Waals surface area contributed by atoms with Crippen LogP contribution in [-0.2, 0) is 4.79 Å². The zero-order valence-electron chi connectivity index (χ0n) is 18.2. The van der Waals surface area contributed by atoms with Gasteiger partial charge in [-0.15, -0.1) is 0 Å². The molecule has 1 fully saturated rings. The molecule has 1 saturated heterocycles. The van der Waals surface area contributed by atoms with Crippen LogP contribution in [0.2, 0.25) is 0 Å². The van der Waals surface area contributed by atoms with E-state index < -0.39 is 0 Å². The van der Waals surface area contributed by atoms with Crippen LogP contribution in [0, 0.1) is 0 Å². The van der Waals surface area contributed by atoms with Gasteiger partial charge in [0.05, 0.1) is 12.0 Å². The van der Waals surface area contributed by atoms with E-state index in [1.165, 1.54) is 22.2 Å². The van der Waals surface area contributed by atoms with E-state index in [9.17, 15) is 4.79 Å². The van der Waals surface area contributed by atoms with Crippen LogP contribution in [0.15, 0.2) is 47.4 Å². The molecule has 5 nitrogen and oxygen atoms in total. The zero-order valence-corrected chi connectivity index (χ0v) is 19.8. The molecule has 0 unspecified atom stereocenters. The lowest BCUT2D eigenvalue weighted by Gasteiger charge is -2.13. The molecule has 164 valence electrons. The van der Waals surface area contributed by atoms with Crippen molar-refractivity contribution in [3.63, 3.8) is 0 Å². The minimum Gasteiger partial charge on any atom is -0.493 e. The Morgan fingerprint density at radius 1 is 1.10 bits per heavy atom. The van der Waals surface area contributed by atoms with Crippen molar-refractivity contribution in [1.29, 1.82) is 0 Å². The second-order valence-electron chi connectivity index (χ2n) is 7.23. The first-order chi connectivity index (χ1) is 14.9. The van der Waals surface area contributed by atoms with Crippen molar-refractivity contribution in [2.45, 2.75) is 26.2 Å². The highest BCUT2D eigenvalue weighted by atomic mass is 32.2. The first-order valence-electron chi connectivity index (χ1n) is 10.2. The van der Waals surface area contributed by atoms with E-state index in [1.807, 2.05) is 30.3 Å². The van der Waals surface area contributed by atoms with Crippen LogP contribution in [0.5, 0.6) is 17.2 Å². The van der Waals surface area contributed by atoms with Crippen molar-refractivity contribution in [2.24, 2.45) is 0 Å². The normalized spacial score (nSPS) is 16.0. The molecule has 1 atom stereocenters. The number of benzene rings is 2. The van der Waals surface area contributed by atoms with Crippen molar-refractivity contribution < 1.29 is 19.0 Å². The number of ether oxygens (including phenoxy) is 3. The number of methoxy groups -OCH3 is 1. The summed E-state index contributed by atoms with van der Waals surface area (Å²) in [6.07, 6.45) is 2.92. The van der Waals surface area contributed by atoms with Gasteiger partial charge in [-0.25, -0.2) is 0 Å². The lowest BCUT2D eigenvalue weighted by Crippen LogP contribution is -2.22. The van der Waals surface area contributed by atoms with Crippen molar-refractivity contribution >= 4 is 40.3 Å². The topological polar surface area (TPSA) is 48.0 Å². The van der Waals surface area contributed by atoms with Gasteiger partial charge in [0.1, 0.15) is 23.3 Å². The number of hydrogen-bond acceptors (Lipinski definition) is 6. The summed E-state index contributed by atoms with van der Waals surface area (Å²) < 4.78 is 17.6.